The molecule has 0 atom stereocenters. The van der Waals surface area contributed by atoms with Gasteiger partial charge in [0.1, 0.15) is 0 Å². The van der Waals surface area contributed by atoms with Crippen LogP contribution in [-0.4, -0.2) is 15.0 Å². The van der Waals surface area contributed by atoms with E-state index in [-0.39, 0.29) is 17.5 Å². The molecule has 0 unspecified atom stereocenters. The van der Waals surface area contributed by atoms with Gasteiger partial charge < -0.3 is 0 Å². The van der Waals surface area contributed by atoms with Crippen molar-refractivity contribution in [1.82, 2.24) is 15.0 Å². The van der Waals surface area contributed by atoms with E-state index in [0.29, 0.717) is 10.6 Å². The van der Waals surface area contributed by atoms with Crippen LogP contribution in [-0.2, 0) is 7.59 Å². The normalized spacial score (nSPS) is 12.5. The molecule has 0 aliphatic heterocycles. The van der Waals surface area contributed by atoms with E-state index >= 15 is 0 Å². The molecule has 0 bridgehead atoms. The highest BCUT2D eigenvalue weighted by molar-refractivity contribution is 6.67. The summed E-state index contributed by atoms with van der Waals surface area (Å²) < 4.78 is -3.78. The molecule has 1 aromatic carbocycles. The SMILES string of the molecule is Clc1cccc(-c2nc(C(Cl)(Cl)Cl)nc(C(Cl)(Cl)Cl)n2)c1. The molecule has 10 heteroatoms. The first-order valence-corrected chi connectivity index (χ1v) is 7.88. The molecular formula is C11H4Cl7N3. The molecule has 0 fully saturated rings. The fourth-order valence-electron chi connectivity index (χ4n) is 1.39. The Morgan fingerprint density at radius 3 is 1.71 bits per heavy atom. The highest BCUT2D eigenvalue weighted by Crippen LogP contribution is 2.40. The third-order valence-electron chi connectivity index (χ3n) is 2.23. The molecule has 112 valence electrons. The molecule has 1 aromatic heterocycles. The molecule has 21 heavy (non-hydrogen) atoms. The summed E-state index contributed by atoms with van der Waals surface area (Å²) >= 11 is 40.7. The molecule has 0 saturated carbocycles. The van der Waals surface area contributed by atoms with Gasteiger partial charge in [0.2, 0.25) is 7.59 Å². The first-order chi connectivity index (χ1) is 9.57. The Balaban J connectivity index is 2.66. The number of nitrogens with zero attached hydrogens (tertiary/aromatic N) is 3. The van der Waals surface area contributed by atoms with Gasteiger partial charge in [-0.1, -0.05) is 93.3 Å². The Morgan fingerprint density at radius 2 is 1.29 bits per heavy atom. The average molecular weight is 426 g/mol. The highest BCUT2D eigenvalue weighted by Gasteiger charge is 2.33. The number of aromatic nitrogens is 3. The molecule has 0 N–H and O–H groups in total. The van der Waals surface area contributed by atoms with Crippen molar-refractivity contribution in [2.75, 3.05) is 0 Å². The first-order valence-electron chi connectivity index (χ1n) is 5.24. The van der Waals surface area contributed by atoms with Crippen molar-refractivity contribution in [2.45, 2.75) is 7.59 Å². The number of rotatable bonds is 1. The quantitative estimate of drug-likeness (QED) is 0.538. The molecule has 0 spiro atoms. The second-order valence-electron chi connectivity index (χ2n) is 3.81. The van der Waals surface area contributed by atoms with Crippen molar-refractivity contribution in [3.8, 4) is 11.4 Å². The number of alkyl halides is 6. The summed E-state index contributed by atoms with van der Waals surface area (Å²) in [5.41, 5.74) is 0.566. The van der Waals surface area contributed by atoms with E-state index in [1.165, 1.54) is 0 Å². The minimum Gasteiger partial charge on any atom is -0.209 e. The minimum atomic E-state index is -1.89. The lowest BCUT2D eigenvalue weighted by Gasteiger charge is -2.15. The predicted molar refractivity (Wildman–Crippen MR) is 88.7 cm³/mol. The molecule has 0 radical (unpaired) electrons. The van der Waals surface area contributed by atoms with Crippen molar-refractivity contribution >= 4 is 81.2 Å². The zero-order chi connectivity index (χ0) is 15.8. The molecule has 0 aliphatic rings. The number of hydrogen-bond acceptors (Lipinski definition) is 3. The fourth-order valence-corrected chi connectivity index (χ4v) is 2.08. The van der Waals surface area contributed by atoms with E-state index in [0.717, 1.165) is 0 Å². The lowest BCUT2D eigenvalue weighted by Crippen LogP contribution is -2.16. The second-order valence-corrected chi connectivity index (χ2v) is 8.81. The number of benzene rings is 1. The Morgan fingerprint density at radius 1 is 0.762 bits per heavy atom. The fraction of sp³-hybridized carbons (Fsp3) is 0.182. The van der Waals surface area contributed by atoms with Gasteiger partial charge in [0.15, 0.2) is 17.5 Å². The van der Waals surface area contributed by atoms with Crippen LogP contribution >= 0.6 is 81.2 Å². The van der Waals surface area contributed by atoms with E-state index in [4.69, 9.17) is 81.2 Å². The van der Waals surface area contributed by atoms with Gasteiger partial charge in [-0.15, -0.1) is 0 Å². The standard InChI is InChI=1S/C11H4Cl7N3/c12-6-3-1-2-5(4-6)7-19-8(10(13,14)15)21-9(20-7)11(16,17)18/h1-4H. The molecule has 2 aromatic rings. The van der Waals surface area contributed by atoms with E-state index in [2.05, 4.69) is 15.0 Å². The Labute approximate surface area is 155 Å². The summed E-state index contributed by atoms with van der Waals surface area (Å²) in [7, 11) is 0. The summed E-state index contributed by atoms with van der Waals surface area (Å²) in [5, 5.41) is 0.485. The summed E-state index contributed by atoms with van der Waals surface area (Å²) in [6.07, 6.45) is 0. The van der Waals surface area contributed by atoms with E-state index < -0.39 is 7.59 Å². The van der Waals surface area contributed by atoms with E-state index in [9.17, 15) is 0 Å². The van der Waals surface area contributed by atoms with Gasteiger partial charge in [-0.25, -0.2) is 15.0 Å². The topological polar surface area (TPSA) is 38.7 Å². The van der Waals surface area contributed by atoms with Crippen molar-refractivity contribution in [2.24, 2.45) is 0 Å². The van der Waals surface area contributed by atoms with Crippen LogP contribution in [0.3, 0.4) is 0 Å². The molecular weight excluding hydrogens is 422 g/mol. The van der Waals surface area contributed by atoms with Crippen LogP contribution in [0.15, 0.2) is 24.3 Å². The number of halogens is 7. The maximum Gasteiger partial charge on any atom is 0.250 e. The maximum absolute atomic E-state index is 5.93. The summed E-state index contributed by atoms with van der Waals surface area (Å²) in [5.74, 6) is -0.132. The van der Waals surface area contributed by atoms with E-state index in [1.807, 2.05) is 0 Å². The molecule has 0 amide bonds. The van der Waals surface area contributed by atoms with Crippen LogP contribution in [0.25, 0.3) is 11.4 Å². The zero-order valence-electron chi connectivity index (χ0n) is 9.80. The Kier molecular flexibility index (Phi) is 5.37. The van der Waals surface area contributed by atoms with Gasteiger partial charge in [-0.3, -0.25) is 0 Å². The molecule has 0 aliphatic carbocycles. The third-order valence-corrected chi connectivity index (χ3v) is 3.47. The lowest BCUT2D eigenvalue weighted by atomic mass is 10.2. The summed E-state index contributed by atoms with van der Waals surface area (Å²) in [4.78, 5) is 12.0. The number of hydrogen-bond donors (Lipinski definition) is 0. The van der Waals surface area contributed by atoms with Crippen molar-refractivity contribution in [1.29, 1.82) is 0 Å². The molecule has 1 heterocycles. The van der Waals surface area contributed by atoms with Gasteiger partial charge >= 0.3 is 0 Å². The average Bonchev–Trinajstić information content (AvgIpc) is 2.36. The Bertz CT molecular complexity index is 631. The second kappa shape index (κ2) is 6.40. The minimum absolute atomic E-state index is 0.154. The van der Waals surface area contributed by atoms with Crippen LogP contribution < -0.4 is 0 Å². The third kappa shape index (κ3) is 4.61. The van der Waals surface area contributed by atoms with Crippen molar-refractivity contribution in [3.63, 3.8) is 0 Å². The maximum atomic E-state index is 5.93. The zero-order valence-corrected chi connectivity index (χ0v) is 15.1. The predicted octanol–water partition coefficient (Wildman–Crippen LogP) is 5.85. The Hall–Kier alpha value is 0.260. The largest absolute Gasteiger partial charge is 0.250 e. The smallest absolute Gasteiger partial charge is 0.209 e. The van der Waals surface area contributed by atoms with Crippen LogP contribution in [0.1, 0.15) is 11.6 Å². The monoisotopic (exact) mass is 423 g/mol. The summed E-state index contributed by atoms with van der Waals surface area (Å²) in [6.45, 7) is 0. The van der Waals surface area contributed by atoms with E-state index in [1.54, 1.807) is 24.3 Å². The van der Waals surface area contributed by atoms with Crippen LogP contribution in [0.4, 0.5) is 0 Å². The lowest BCUT2D eigenvalue weighted by molar-refractivity contribution is 0.851. The van der Waals surface area contributed by atoms with Crippen LogP contribution in [0.5, 0.6) is 0 Å². The molecule has 3 nitrogen and oxygen atoms in total. The van der Waals surface area contributed by atoms with Gasteiger partial charge in [-0.2, -0.15) is 0 Å². The molecule has 0 saturated heterocycles. The van der Waals surface area contributed by atoms with Crippen molar-refractivity contribution < 1.29 is 0 Å². The van der Waals surface area contributed by atoms with Gasteiger partial charge in [-0.05, 0) is 12.1 Å². The highest BCUT2D eigenvalue weighted by atomic mass is 35.6. The van der Waals surface area contributed by atoms with Crippen LogP contribution in [0, 0.1) is 0 Å². The summed E-state index contributed by atoms with van der Waals surface area (Å²) in [6, 6.07) is 6.75. The van der Waals surface area contributed by atoms with Crippen LogP contribution in [0.2, 0.25) is 5.02 Å². The van der Waals surface area contributed by atoms with Crippen molar-refractivity contribution in [3.05, 3.63) is 40.9 Å². The van der Waals surface area contributed by atoms with Gasteiger partial charge in [0.25, 0.3) is 0 Å². The first kappa shape index (κ1) is 17.6. The molecule has 2 rings (SSSR count). The van der Waals surface area contributed by atoms with Gasteiger partial charge in [0, 0.05) is 10.6 Å². The van der Waals surface area contributed by atoms with Gasteiger partial charge in [0.05, 0.1) is 0 Å².